The van der Waals surface area contributed by atoms with Gasteiger partial charge >= 0.3 is 6.03 Å². The molecule has 2 fully saturated rings. The lowest BCUT2D eigenvalue weighted by atomic mass is 9.89. The van der Waals surface area contributed by atoms with Gasteiger partial charge in [-0.1, -0.05) is 0 Å². The molecule has 3 rings (SSSR count). The van der Waals surface area contributed by atoms with E-state index in [0.717, 1.165) is 0 Å². The minimum Gasteiger partial charge on any atom is -0.323 e. The topological polar surface area (TPSA) is 113 Å². The Hall–Kier alpha value is -1.94. The van der Waals surface area contributed by atoms with Gasteiger partial charge in [0.1, 0.15) is 10.4 Å². The van der Waals surface area contributed by atoms with Gasteiger partial charge in [-0.15, -0.1) is 0 Å². The molecule has 1 spiro atoms. The fourth-order valence-electron chi connectivity index (χ4n) is 2.67. The normalized spacial score (nSPS) is 22.3. The van der Waals surface area contributed by atoms with Crippen LogP contribution in [0.3, 0.4) is 0 Å². The zero-order valence-corrected chi connectivity index (χ0v) is 12.2. The van der Waals surface area contributed by atoms with E-state index in [2.05, 4.69) is 15.7 Å². The number of nitrogens with one attached hydrogen (secondary N) is 2. The van der Waals surface area contributed by atoms with Gasteiger partial charge in [-0.3, -0.25) is 14.8 Å². The maximum absolute atomic E-state index is 12.4. The standard InChI is InChI=1S/C11H15N5O4S/c1-15-7-8(6-12-15)21(19,20)16-4-2-11(3-5-16)9(17)13-10(18)14-11/h6-7H,2-5H2,1H3,(H2,13,14,17,18). The van der Waals surface area contributed by atoms with Crippen molar-refractivity contribution in [3.8, 4) is 0 Å². The Bertz CT molecular complexity index is 702. The van der Waals surface area contributed by atoms with Crippen LogP contribution in [0.2, 0.25) is 0 Å². The predicted octanol–water partition coefficient (Wildman–Crippen LogP) is -1.22. The van der Waals surface area contributed by atoms with E-state index in [1.165, 1.54) is 21.4 Å². The van der Waals surface area contributed by atoms with E-state index in [9.17, 15) is 18.0 Å². The maximum Gasteiger partial charge on any atom is 0.322 e. The lowest BCUT2D eigenvalue weighted by Gasteiger charge is -2.35. The Morgan fingerprint density at radius 3 is 2.43 bits per heavy atom. The number of aromatic nitrogens is 2. The highest BCUT2D eigenvalue weighted by molar-refractivity contribution is 7.89. The van der Waals surface area contributed by atoms with Gasteiger partial charge in [-0.25, -0.2) is 13.2 Å². The molecule has 9 nitrogen and oxygen atoms in total. The quantitative estimate of drug-likeness (QED) is 0.665. The molecule has 0 aromatic carbocycles. The zero-order chi connectivity index (χ0) is 15.3. The minimum absolute atomic E-state index is 0.126. The molecule has 0 radical (unpaired) electrons. The second-order valence-electron chi connectivity index (χ2n) is 5.24. The molecule has 10 heteroatoms. The van der Waals surface area contributed by atoms with Gasteiger partial charge in [-0.05, 0) is 12.8 Å². The number of amides is 3. The van der Waals surface area contributed by atoms with Crippen molar-refractivity contribution in [2.75, 3.05) is 13.1 Å². The third-order valence-corrected chi connectivity index (χ3v) is 5.76. The van der Waals surface area contributed by atoms with Crippen molar-refractivity contribution in [1.82, 2.24) is 24.7 Å². The third-order valence-electron chi connectivity index (χ3n) is 3.91. The molecule has 1 aromatic rings. The largest absolute Gasteiger partial charge is 0.323 e. The molecule has 21 heavy (non-hydrogen) atoms. The molecule has 3 heterocycles. The third kappa shape index (κ3) is 2.20. The number of rotatable bonds is 2. The van der Waals surface area contributed by atoms with Crippen molar-refractivity contribution in [2.45, 2.75) is 23.3 Å². The fraction of sp³-hybridized carbons (Fsp3) is 0.545. The van der Waals surface area contributed by atoms with E-state index in [1.54, 1.807) is 7.05 Å². The molecule has 2 N–H and O–H groups in total. The van der Waals surface area contributed by atoms with Gasteiger partial charge in [0.05, 0.1) is 6.20 Å². The zero-order valence-electron chi connectivity index (χ0n) is 11.4. The van der Waals surface area contributed by atoms with Crippen LogP contribution >= 0.6 is 0 Å². The summed E-state index contributed by atoms with van der Waals surface area (Å²) in [5.41, 5.74) is -0.974. The van der Waals surface area contributed by atoms with Crippen LogP contribution in [-0.2, 0) is 21.9 Å². The van der Waals surface area contributed by atoms with Crippen LogP contribution in [0.25, 0.3) is 0 Å². The van der Waals surface area contributed by atoms with Crippen LogP contribution in [0.5, 0.6) is 0 Å². The number of sulfonamides is 1. The van der Waals surface area contributed by atoms with Crippen molar-refractivity contribution in [2.24, 2.45) is 7.05 Å². The average Bonchev–Trinajstić information content (AvgIpc) is 2.96. The summed E-state index contributed by atoms with van der Waals surface area (Å²) in [6, 6.07) is -0.524. The molecule has 0 aliphatic carbocycles. The summed E-state index contributed by atoms with van der Waals surface area (Å²) < 4.78 is 27.6. The number of carbonyl (C=O) groups is 2. The Balaban J connectivity index is 1.77. The van der Waals surface area contributed by atoms with Crippen LogP contribution in [0.4, 0.5) is 4.79 Å². The van der Waals surface area contributed by atoms with Gasteiger partial charge in [0.2, 0.25) is 10.0 Å². The number of imide groups is 1. The molecule has 3 amide bonds. The summed E-state index contributed by atoms with van der Waals surface area (Å²) in [5, 5.41) is 8.65. The van der Waals surface area contributed by atoms with Crippen LogP contribution in [-0.4, -0.2) is 53.1 Å². The molecule has 2 aliphatic rings. The molecular weight excluding hydrogens is 298 g/mol. The lowest BCUT2D eigenvalue weighted by Crippen LogP contribution is -2.55. The van der Waals surface area contributed by atoms with Gasteiger partial charge in [0.25, 0.3) is 5.91 Å². The van der Waals surface area contributed by atoms with E-state index < -0.39 is 21.6 Å². The number of hydrogen-bond donors (Lipinski definition) is 2. The number of piperidine rings is 1. The lowest BCUT2D eigenvalue weighted by molar-refractivity contribution is -0.125. The highest BCUT2D eigenvalue weighted by Crippen LogP contribution is 2.28. The van der Waals surface area contributed by atoms with Crippen molar-refractivity contribution in [3.05, 3.63) is 12.4 Å². The number of nitrogens with zero attached hydrogens (tertiary/aromatic N) is 3. The summed E-state index contributed by atoms with van der Waals surface area (Å²) in [4.78, 5) is 23.2. The number of aryl methyl sites for hydroxylation is 1. The van der Waals surface area contributed by atoms with E-state index in [-0.39, 0.29) is 36.7 Å². The minimum atomic E-state index is -3.61. The molecule has 2 aliphatic heterocycles. The first-order valence-electron chi connectivity index (χ1n) is 6.46. The van der Waals surface area contributed by atoms with E-state index >= 15 is 0 Å². The van der Waals surface area contributed by atoms with Crippen LogP contribution in [0.1, 0.15) is 12.8 Å². The first-order chi connectivity index (χ1) is 9.83. The van der Waals surface area contributed by atoms with Crippen molar-refractivity contribution in [1.29, 1.82) is 0 Å². The molecule has 0 saturated carbocycles. The van der Waals surface area contributed by atoms with E-state index in [1.807, 2.05) is 0 Å². The van der Waals surface area contributed by atoms with Gasteiger partial charge in [0, 0.05) is 26.3 Å². The summed E-state index contributed by atoms with van der Waals surface area (Å²) in [6.45, 7) is 0.343. The molecule has 0 unspecified atom stereocenters. The van der Waals surface area contributed by atoms with Crippen molar-refractivity contribution >= 4 is 22.0 Å². The Morgan fingerprint density at radius 1 is 1.29 bits per heavy atom. The molecule has 0 atom stereocenters. The van der Waals surface area contributed by atoms with Crippen LogP contribution < -0.4 is 10.6 Å². The van der Waals surface area contributed by atoms with Gasteiger partial charge < -0.3 is 5.32 Å². The van der Waals surface area contributed by atoms with Crippen LogP contribution in [0.15, 0.2) is 17.3 Å². The smallest absolute Gasteiger partial charge is 0.322 e. The molecule has 0 bridgehead atoms. The van der Waals surface area contributed by atoms with E-state index in [4.69, 9.17) is 0 Å². The number of hydrogen-bond acceptors (Lipinski definition) is 5. The highest BCUT2D eigenvalue weighted by atomic mass is 32.2. The SMILES string of the molecule is Cn1cc(S(=O)(=O)N2CCC3(CC2)NC(=O)NC3=O)cn1. The Labute approximate surface area is 121 Å². The monoisotopic (exact) mass is 313 g/mol. The average molecular weight is 313 g/mol. The summed E-state index contributed by atoms with van der Waals surface area (Å²) in [7, 11) is -1.97. The molecule has 2 saturated heterocycles. The summed E-state index contributed by atoms with van der Waals surface area (Å²) in [5.74, 6) is -0.383. The second kappa shape index (κ2) is 4.53. The maximum atomic E-state index is 12.4. The number of urea groups is 1. The molecular formula is C11H15N5O4S. The first-order valence-corrected chi connectivity index (χ1v) is 7.90. The second-order valence-corrected chi connectivity index (χ2v) is 7.18. The predicted molar refractivity (Wildman–Crippen MR) is 70.6 cm³/mol. The van der Waals surface area contributed by atoms with Crippen LogP contribution in [0, 0.1) is 0 Å². The summed E-state index contributed by atoms with van der Waals surface area (Å²) in [6.07, 6.45) is 3.24. The Morgan fingerprint density at radius 2 is 1.95 bits per heavy atom. The molecule has 1 aromatic heterocycles. The van der Waals surface area contributed by atoms with Gasteiger partial charge in [-0.2, -0.15) is 9.40 Å². The van der Waals surface area contributed by atoms with E-state index in [0.29, 0.717) is 0 Å². The van der Waals surface area contributed by atoms with Crippen molar-refractivity contribution < 1.29 is 18.0 Å². The fourth-order valence-corrected chi connectivity index (χ4v) is 4.10. The van der Waals surface area contributed by atoms with Gasteiger partial charge in [0.15, 0.2) is 0 Å². The summed E-state index contributed by atoms with van der Waals surface area (Å²) >= 11 is 0. The highest BCUT2D eigenvalue weighted by Gasteiger charge is 2.49. The first kappa shape index (κ1) is 14.0. The van der Waals surface area contributed by atoms with Crippen molar-refractivity contribution in [3.63, 3.8) is 0 Å². The molecule has 114 valence electrons. The Kier molecular flexibility index (Phi) is 3.02. The number of carbonyl (C=O) groups excluding carboxylic acids is 2.